The molecule has 0 aromatic heterocycles. The van der Waals surface area contributed by atoms with Gasteiger partial charge in [0.15, 0.2) is 6.61 Å². The van der Waals surface area contributed by atoms with E-state index < -0.39 is 0 Å². The molecule has 4 rings (SSSR count). The van der Waals surface area contributed by atoms with Gasteiger partial charge in [-0.15, -0.1) is 23.5 Å². The van der Waals surface area contributed by atoms with E-state index in [0.29, 0.717) is 17.7 Å². The van der Waals surface area contributed by atoms with Crippen LogP contribution in [-0.4, -0.2) is 28.9 Å². The average Bonchev–Trinajstić information content (AvgIpc) is 3.34. The van der Waals surface area contributed by atoms with Gasteiger partial charge in [0, 0.05) is 24.6 Å². The maximum Gasteiger partial charge on any atom is 0.261 e. The first-order chi connectivity index (χ1) is 14.8. The van der Waals surface area contributed by atoms with Gasteiger partial charge in [-0.05, 0) is 28.8 Å². The molecule has 5 heteroatoms. The van der Waals surface area contributed by atoms with Gasteiger partial charge in [0.2, 0.25) is 0 Å². The summed E-state index contributed by atoms with van der Waals surface area (Å²) in [6.45, 7) is 1.16. The highest BCUT2D eigenvalue weighted by Crippen LogP contribution is 2.45. The number of hydrogen-bond acceptors (Lipinski definition) is 4. The molecule has 0 radical (unpaired) electrons. The molecule has 0 spiro atoms. The number of carbonyl (C=O) groups excluding carboxylic acids is 1. The van der Waals surface area contributed by atoms with Crippen LogP contribution in [-0.2, 0) is 17.9 Å². The number of benzene rings is 3. The van der Waals surface area contributed by atoms with Crippen LogP contribution < -0.4 is 4.74 Å². The lowest BCUT2D eigenvalue weighted by Crippen LogP contribution is -2.34. The van der Waals surface area contributed by atoms with Crippen molar-refractivity contribution in [3.05, 3.63) is 102 Å². The lowest BCUT2D eigenvalue weighted by Gasteiger charge is -2.23. The van der Waals surface area contributed by atoms with Crippen molar-refractivity contribution in [3.63, 3.8) is 0 Å². The van der Waals surface area contributed by atoms with Crippen LogP contribution in [0, 0.1) is 0 Å². The Balaban J connectivity index is 1.39. The topological polar surface area (TPSA) is 29.5 Å². The van der Waals surface area contributed by atoms with Crippen LogP contribution in [0.25, 0.3) is 0 Å². The molecule has 1 amide bonds. The van der Waals surface area contributed by atoms with E-state index in [4.69, 9.17) is 4.74 Å². The third-order valence-electron chi connectivity index (χ3n) is 4.92. The molecule has 0 saturated carbocycles. The molecule has 3 nitrogen and oxygen atoms in total. The smallest absolute Gasteiger partial charge is 0.261 e. The summed E-state index contributed by atoms with van der Waals surface area (Å²) in [5.74, 6) is 3.13. The zero-order chi connectivity index (χ0) is 20.6. The molecule has 0 N–H and O–H groups in total. The van der Waals surface area contributed by atoms with E-state index in [1.165, 1.54) is 17.1 Å². The molecule has 1 fully saturated rings. The third kappa shape index (κ3) is 5.83. The molecule has 3 aromatic carbocycles. The minimum absolute atomic E-state index is 0.0197. The zero-order valence-electron chi connectivity index (χ0n) is 16.8. The second-order valence-corrected chi connectivity index (χ2v) is 9.88. The molecule has 1 heterocycles. The van der Waals surface area contributed by atoms with E-state index in [9.17, 15) is 4.79 Å². The largest absolute Gasteiger partial charge is 0.484 e. The van der Waals surface area contributed by atoms with Gasteiger partial charge in [-0.3, -0.25) is 4.79 Å². The van der Waals surface area contributed by atoms with Crippen molar-refractivity contribution in [3.8, 4) is 5.75 Å². The summed E-state index contributed by atoms with van der Waals surface area (Å²) >= 11 is 3.97. The van der Waals surface area contributed by atoms with Gasteiger partial charge in [-0.1, -0.05) is 72.8 Å². The van der Waals surface area contributed by atoms with Gasteiger partial charge >= 0.3 is 0 Å². The Morgan fingerprint density at radius 2 is 1.33 bits per heavy atom. The van der Waals surface area contributed by atoms with Gasteiger partial charge in [0.25, 0.3) is 5.91 Å². The van der Waals surface area contributed by atoms with Crippen molar-refractivity contribution in [2.24, 2.45) is 0 Å². The molecule has 1 aliphatic heterocycles. The molecule has 154 valence electrons. The zero-order valence-corrected chi connectivity index (χ0v) is 18.4. The second-order valence-electron chi connectivity index (χ2n) is 7.15. The maximum absolute atomic E-state index is 13.0. The first kappa shape index (κ1) is 20.9. The van der Waals surface area contributed by atoms with Gasteiger partial charge in [-0.2, -0.15) is 0 Å². The summed E-state index contributed by atoms with van der Waals surface area (Å²) in [4.78, 5) is 14.8. The van der Waals surface area contributed by atoms with Gasteiger partial charge in [0.1, 0.15) is 5.75 Å². The van der Waals surface area contributed by atoms with Crippen LogP contribution in [0.5, 0.6) is 5.75 Å². The van der Waals surface area contributed by atoms with E-state index in [1.54, 1.807) is 0 Å². The van der Waals surface area contributed by atoms with Crippen LogP contribution >= 0.6 is 23.5 Å². The number of thioether (sulfide) groups is 2. The second kappa shape index (κ2) is 10.6. The van der Waals surface area contributed by atoms with Gasteiger partial charge in [0.05, 0.1) is 4.58 Å². The predicted octanol–water partition coefficient (Wildman–Crippen LogP) is 5.77. The Morgan fingerprint density at radius 3 is 1.87 bits per heavy atom. The van der Waals surface area contributed by atoms with E-state index >= 15 is 0 Å². The summed E-state index contributed by atoms with van der Waals surface area (Å²) in [7, 11) is 0. The van der Waals surface area contributed by atoms with Crippen molar-refractivity contribution in [1.29, 1.82) is 0 Å². The normalized spacial score (nSPS) is 13.9. The quantitative estimate of drug-likeness (QED) is 0.449. The maximum atomic E-state index is 13.0. The summed E-state index contributed by atoms with van der Waals surface area (Å²) in [5, 5.41) is 0. The Hall–Kier alpha value is -2.37. The lowest BCUT2D eigenvalue weighted by atomic mass is 10.1. The highest BCUT2D eigenvalue weighted by atomic mass is 32.2. The molecular formula is C25H25NO2S2. The Morgan fingerprint density at radius 1 is 0.800 bits per heavy atom. The van der Waals surface area contributed by atoms with Crippen LogP contribution in [0.15, 0.2) is 84.9 Å². The summed E-state index contributed by atoms with van der Waals surface area (Å²) in [6.07, 6.45) is 0. The first-order valence-corrected chi connectivity index (χ1v) is 12.2. The number of ether oxygens (including phenoxy) is 1. The SMILES string of the molecule is O=C(COc1ccc(C2SCCS2)cc1)N(Cc1ccccc1)Cc1ccccc1. The highest BCUT2D eigenvalue weighted by Gasteiger charge is 2.19. The number of nitrogens with zero attached hydrogens (tertiary/aromatic N) is 1. The minimum Gasteiger partial charge on any atom is -0.484 e. The average molecular weight is 436 g/mol. The fourth-order valence-corrected chi connectivity index (χ4v) is 6.21. The minimum atomic E-state index is -0.0197. The van der Waals surface area contributed by atoms with Crippen molar-refractivity contribution < 1.29 is 9.53 Å². The van der Waals surface area contributed by atoms with Crippen molar-refractivity contribution in [1.82, 2.24) is 4.90 Å². The van der Waals surface area contributed by atoms with E-state index in [0.717, 1.165) is 16.9 Å². The standard InChI is InChI=1S/C25H25NO2S2/c27-24(19-28-23-13-11-22(12-14-23)25-29-15-16-30-25)26(17-20-7-3-1-4-8-20)18-21-9-5-2-6-10-21/h1-14,25H,15-19H2. The molecule has 0 aliphatic carbocycles. The van der Waals surface area contributed by atoms with Gasteiger partial charge < -0.3 is 9.64 Å². The molecular weight excluding hydrogens is 410 g/mol. The Bertz CT molecular complexity index is 885. The molecule has 0 unspecified atom stereocenters. The van der Waals surface area contributed by atoms with Gasteiger partial charge in [-0.25, -0.2) is 0 Å². The van der Waals surface area contributed by atoms with Crippen LogP contribution in [0.1, 0.15) is 21.3 Å². The number of rotatable bonds is 8. The molecule has 0 atom stereocenters. The third-order valence-corrected chi connectivity index (χ3v) is 8.03. The summed E-state index contributed by atoms with van der Waals surface area (Å²) in [5.41, 5.74) is 3.53. The molecule has 1 saturated heterocycles. The highest BCUT2D eigenvalue weighted by molar-refractivity contribution is 8.19. The molecule has 1 aliphatic rings. The van der Waals surface area contributed by atoms with E-state index in [1.807, 2.05) is 101 Å². The molecule has 3 aromatic rings. The van der Waals surface area contributed by atoms with Crippen molar-refractivity contribution >= 4 is 29.4 Å². The van der Waals surface area contributed by atoms with Crippen LogP contribution in [0.2, 0.25) is 0 Å². The number of amides is 1. The predicted molar refractivity (Wildman–Crippen MR) is 127 cm³/mol. The fraction of sp³-hybridized carbons (Fsp3) is 0.240. The monoisotopic (exact) mass is 435 g/mol. The van der Waals surface area contributed by atoms with Crippen LogP contribution in [0.4, 0.5) is 0 Å². The lowest BCUT2D eigenvalue weighted by molar-refractivity contribution is -0.134. The van der Waals surface area contributed by atoms with Crippen molar-refractivity contribution in [2.75, 3.05) is 18.1 Å². The van der Waals surface area contributed by atoms with Crippen LogP contribution in [0.3, 0.4) is 0 Å². The van der Waals surface area contributed by atoms with Crippen molar-refractivity contribution in [2.45, 2.75) is 17.7 Å². The summed E-state index contributed by atoms with van der Waals surface area (Å²) < 4.78 is 6.36. The first-order valence-electron chi connectivity index (χ1n) is 10.1. The fourth-order valence-electron chi connectivity index (χ4n) is 3.35. The number of hydrogen-bond donors (Lipinski definition) is 0. The van der Waals surface area contributed by atoms with E-state index in [-0.39, 0.29) is 12.5 Å². The Kier molecular flexibility index (Phi) is 7.38. The molecule has 0 bridgehead atoms. The van der Waals surface area contributed by atoms with E-state index in [2.05, 4.69) is 12.1 Å². The Labute approximate surface area is 186 Å². The number of carbonyl (C=O) groups is 1. The summed E-state index contributed by atoms with van der Waals surface area (Å²) in [6, 6.07) is 28.3. The molecule has 30 heavy (non-hydrogen) atoms.